The van der Waals surface area contributed by atoms with Gasteiger partial charge in [-0.15, -0.1) is 0 Å². The van der Waals surface area contributed by atoms with Crippen molar-refractivity contribution in [2.45, 2.75) is 18.9 Å². The lowest BCUT2D eigenvalue weighted by Gasteiger charge is -2.23. The quantitative estimate of drug-likeness (QED) is 0.869. The average Bonchev–Trinajstić information content (AvgIpc) is 2.81. The van der Waals surface area contributed by atoms with Crippen molar-refractivity contribution in [1.82, 2.24) is 4.90 Å². The molecule has 18 heavy (non-hydrogen) atoms. The summed E-state index contributed by atoms with van der Waals surface area (Å²) in [6.07, 6.45) is 1.66. The highest BCUT2D eigenvalue weighted by molar-refractivity contribution is 6.33. The van der Waals surface area contributed by atoms with Crippen LogP contribution in [0, 0.1) is 5.82 Å². The number of urea groups is 1. The van der Waals surface area contributed by atoms with Crippen molar-refractivity contribution >= 4 is 23.3 Å². The molecule has 1 atom stereocenters. The third-order valence-corrected chi connectivity index (χ3v) is 3.33. The smallest absolute Gasteiger partial charge is 0.322 e. The molecule has 2 N–H and O–H groups in total. The van der Waals surface area contributed by atoms with Crippen molar-refractivity contribution in [3.05, 3.63) is 29.0 Å². The fraction of sp³-hybridized carbons (Fsp3) is 0.417. The zero-order chi connectivity index (χ0) is 13.1. The summed E-state index contributed by atoms with van der Waals surface area (Å²) in [7, 11) is 0. The van der Waals surface area contributed by atoms with Gasteiger partial charge >= 0.3 is 6.03 Å². The fourth-order valence-corrected chi connectivity index (χ4v) is 2.29. The Morgan fingerprint density at radius 2 is 2.39 bits per heavy atom. The highest BCUT2D eigenvalue weighted by Gasteiger charge is 2.28. The number of carbonyl (C=O) groups is 1. The van der Waals surface area contributed by atoms with E-state index in [1.807, 2.05) is 0 Å². The SMILES string of the molecule is O=C(Nc1ccc(F)cc1Cl)N1CCCC1CO. The van der Waals surface area contributed by atoms with Crippen LogP contribution in [0.1, 0.15) is 12.8 Å². The molecular formula is C12H14ClFN2O2. The summed E-state index contributed by atoms with van der Waals surface area (Å²) in [5.41, 5.74) is 0.367. The molecule has 0 aromatic heterocycles. The lowest BCUT2D eigenvalue weighted by atomic mass is 10.2. The molecule has 1 unspecified atom stereocenters. The summed E-state index contributed by atoms with van der Waals surface area (Å²) >= 11 is 5.83. The van der Waals surface area contributed by atoms with E-state index in [1.165, 1.54) is 12.1 Å². The number of benzene rings is 1. The normalized spacial score (nSPS) is 19.1. The van der Waals surface area contributed by atoms with Crippen LogP contribution in [0.15, 0.2) is 18.2 Å². The van der Waals surface area contributed by atoms with Crippen molar-refractivity contribution in [3.63, 3.8) is 0 Å². The molecule has 1 aromatic rings. The van der Waals surface area contributed by atoms with E-state index in [4.69, 9.17) is 16.7 Å². The molecule has 0 aliphatic carbocycles. The molecule has 6 heteroatoms. The molecular weight excluding hydrogens is 259 g/mol. The Kier molecular flexibility index (Phi) is 4.04. The van der Waals surface area contributed by atoms with Gasteiger partial charge in [-0.05, 0) is 31.0 Å². The van der Waals surface area contributed by atoms with Gasteiger partial charge in [-0.2, -0.15) is 0 Å². The molecule has 2 rings (SSSR count). The van der Waals surface area contributed by atoms with E-state index in [0.29, 0.717) is 12.2 Å². The number of rotatable bonds is 2. The maximum Gasteiger partial charge on any atom is 0.322 e. The summed E-state index contributed by atoms with van der Waals surface area (Å²) < 4.78 is 12.9. The number of hydrogen-bond acceptors (Lipinski definition) is 2. The maximum absolute atomic E-state index is 12.9. The number of anilines is 1. The monoisotopic (exact) mass is 272 g/mol. The molecule has 0 radical (unpaired) electrons. The number of halogens is 2. The van der Waals surface area contributed by atoms with E-state index in [9.17, 15) is 9.18 Å². The molecule has 98 valence electrons. The van der Waals surface area contributed by atoms with Gasteiger partial charge in [0.25, 0.3) is 0 Å². The molecule has 2 amide bonds. The van der Waals surface area contributed by atoms with Crippen LogP contribution in [0.25, 0.3) is 0 Å². The van der Waals surface area contributed by atoms with Crippen LogP contribution < -0.4 is 5.32 Å². The predicted octanol–water partition coefficient (Wildman–Crippen LogP) is 2.47. The average molecular weight is 273 g/mol. The highest BCUT2D eigenvalue weighted by Crippen LogP contribution is 2.24. The Morgan fingerprint density at radius 1 is 1.61 bits per heavy atom. The summed E-state index contributed by atoms with van der Waals surface area (Å²) in [6, 6.07) is 3.32. The van der Waals surface area contributed by atoms with Crippen LogP contribution >= 0.6 is 11.6 Å². The molecule has 1 aliphatic heterocycles. The van der Waals surface area contributed by atoms with Gasteiger partial charge in [0.05, 0.1) is 23.4 Å². The molecule has 1 saturated heterocycles. The molecule has 1 aromatic carbocycles. The van der Waals surface area contributed by atoms with Gasteiger partial charge < -0.3 is 15.3 Å². The van der Waals surface area contributed by atoms with Crippen molar-refractivity contribution in [3.8, 4) is 0 Å². The van der Waals surface area contributed by atoms with Crippen molar-refractivity contribution in [2.24, 2.45) is 0 Å². The minimum Gasteiger partial charge on any atom is -0.394 e. The van der Waals surface area contributed by atoms with Gasteiger partial charge in [-0.25, -0.2) is 9.18 Å². The lowest BCUT2D eigenvalue weighted by molar-refractivity contribution is 0.166. The summed E-state index contributed by atoms with van der Waals surface area (Å²) in [5, 5.41) is 11.9. The Hall–Kier alpha value is -1.33. The summed E-state index contributed by atoms with van der Waals surface area (Å²) in [5.74, 6) is -0.451. The second-order valence-corrected chi connectivity index (χ2v) is 4.63. The van der Waals surface area contributed by atoms with Crippen LogP contribution in [-0.2, 0) is 0 Å². The second kappa shape index (κ2) is 5.54. The summed E-state index contributed by atoms with van der Waals surface area (Å²) in [6.45, 7) is 0.556. The molecule has 1 fully saturated rings. The van der Waals surface area contributed by atoms with E-state index in [-0.39, 0.29) is 23.7 Å². The van der Waals surface area contributed by atoms with Gasteiger partial charge in [0.2, 0.25) is 0 Å². The first kappa shape index (κ1) is 13.1. The first-order valence-electron chi connectivity index (χ1n) is 5.75. The van der Waals surface area contributed by atoms with Gasteiger partial charge in [0.1, 0.15) is 5.82 Å². The van der Waals surface area contributed by atoms with Crippen LogP contribution in [0.5, 0.6) is 0 Å². The van der Waals surface area contributed by atoms with Crippen molar-refractivity contribution < 1.29 is 14.3 Å². The van der Waals surface area contributed by atoms with Crippen LogP contribution in [0.4, 0.5) is 14.9 Å². The third kappa shape index (κ3) is 2.73. The minimum atomic E-state index is -0.451. The van der Waals surface area contributed by atoms with Gasteiger partial charge in [0, 0.05) is 6.54 Å². The van der Waals surface area contributed by atoms with E-state index in [0.717, 1.165) is 18.9 Å². The van der Waals surface area contributed by atoms with Crippen molar-refractivity contribution in [2.75, 3.05) is 18.5 Å². The Balaban J connectivity index is 2.07. The molecule has 1 aliphatic rings. The first-order chi connectivity index (χ1) is 8.61. The minimum absolute atomic E-state index is 0.0510. The highest BCUT2D eigenvalue weighted by atomic mass is 35.5. The lowest BCUT2D eigenvalue weighted by Crippen LogP contribution is -2.40. The summed E-state index contributed by atoms with van der Waals surface area (Å²) in [4.78, 5) is 13.5. The maximum atomic E-state index is 12.9. The molecule has 0 bridgehead atoms. The van der Waals surface area contributed by atoms with E-state index in [1.54, 1.807) is 4.90 Å². The topological polar surface area (TPSA) is 52.6 Å². The van der Waals surface area contributed by atoms with Gasteiger partial charge in [-0.1, -0.05) is 11.6 Å². The number of carbonyl (C=O) groups excluding carboxylic acids is 1. The number of likely N-dealkylation sites (tertiary alicyclic amines) is 1. The Morgan fingerprint density at radius 3 is 3.06 bits per heavy atom. The fourth-order valence-electron chi connectivity index (χ4n) is 2.07. The van der Waals surface area contributed by atoms with E-state index in [2.05, 4.69) is 5.32 Å². The molecule has 0 spiro atoms. The van der Waals surface area contributed by atoms with Gasteiger partial charge in [0.15, 0.2) is 0 Å². The van der Waals surface area contributed by atoms with Crippen LogP contribution in [0.2, 0.25) is 5.02 Å². The van der Waals surface area contributed by atoms with E-state index < -0.39 is 5.82 Å². The first-order valence-corrected chi connectivity index (χ1v) is 6.13. The van der Waals surface area contributed by atoms with E-state index >= 15 is 0 Å². The largest absolute Gasteiger partial charge is 0.394 e. The number of aliphatic hydroxyl groups is 1. The molecule has 1 heterocycles. The second-order valence-electron chi connectivity index (χ2n) is 4.23. The Bertz CT molecular complexity index is 456. The predicted molar refractivity (Wildman–Crippen MR) is 67.2 cm³/mol. The Labute approximate surface area is 109 Å². The van der Waals surface area contributed by atoms with Crippen LogP contribution in [-0.4, -0.2) is 35.2 Å². The molecule has 0 saturated carbocycles. The van der Waals surface area contributed by atoms with Crippen LogP contribution in [0.3, 0.4) is 0 Å². The zero-order valence-corrected chi connectivity index (χ0v) is 10.5. The van der Waals surface area contributed by atoms with Crippen molar-refractivity contribution in [1.29, 1.82) is 0 Å². The number of amides is 2. The number of nitrogens with one attached hydrogen (secondary N) is 1. The number of hydrogen-bond donors (Lipinski definition) is 2. The third-order valence-electron chi connectivity index (χ3n) is 3.02. The molecule has 4 nitrogen and oxygen atoms in total. The number of nitrogens with zero attached hydrogens (tertiary/aromatic N) is 1. The standard InChI is InChI=1S/C12H14ClFN2O2/c13-10-6-8(14)3-4-11(10)15-12(18)16-5-1-2-9(16)7-17/h3-4,6,9,17H,1-2,5,7H2,(H,15,18). The zero-order valence-electron chi connectivity index (χ0n) is 9.70. The number of aliphatic hydroxyl groups excluding tert-OH is 1. The van der Waals surface area contributed by atoms with Gasteiger partial charge in [-0.3, -0.25) is 0 Å².